The lowest BCUT2D eigenvalue weighted by Crippen LogP contribution is -2.24. The molecule has 0 aromatic heterocycles. The highest BCUT2D eigenvalue weighted by Crippen LogP contribution is 2.27. The number of nitrogens with one attached hydrogen (secondary N) is 1. The number of halogens is 1. The van der Waals surface area contributed by atoms with Gasteiger partial charge in [0, 0.05) is 16.8 Å². The van der Waals surface area contributed by atoms with E-state index in [0.717, 1.165) is 24.0 Å². The molecule has 1 rings (SSSR count). The molecule has 0 fully saturated rings. The van der Waals surface area contributed by atoms with Gasteiger partial charge in [-0.25, -0.2) is 8.42 Å². The number of hydrogen-bond donors (Lipinski definition) is 1. The van der Waals surface area contributed by atoms with E-state index in [1.165, 1.54) is 5.56 Å². The SMILES string of the molecule is CCCNCC(CCS(=O)(=O)CC)c1ccccc1Br. The molecule has 0 aliphatic heterocycles. The summed E-state index contributed by atoms with van der Waals surface area (Å²) >= 11 is 3.57. The van der Waals surface area contributed by atoms with Crippen molar-refractivity contribution in [3.63, 3.8) is 0 Å². The van der Waals surface area contributed by atoms with Crippen molar-refractivity contribution >= 4 is 25.8 Å². The molecule has 20 heavy (non-hydrogen) atoms. The highest BCUT2D eigenvalue weighted by molar-refractivity contribution is 9.10. The molecule has 0 saturated heterocycles. The molecule has 0 spiro atoms. The quantitative estimate of drug-likeness (QED) is 0.686. The molecule has 1 unspecified atom stereocenters. The molecule has 0 bridgehead atoms. The van der Waals surface area contributed by atoms with Gasteiger partial charge in [0.05, 0.1) is 5.75 Å². The molecule has 0 heterocycles. The van der Waals surface area contributed by atoms with Crippen molar-refractivity contribution < 1.29 is 8.42 Å². The summed E-state index contributed by atoms with van der Waals surface area (Å²) < 4.78 is 24.5. The standard InChI is InChI=1S/C15H24BrNO2S/c1-3-10-17-12-13(9-11-20(18,19)4-2)14-7-5-6-8-15(14)16/h5-8,13,17H,3-4,9-12H2,1-2H3. The third-order valence-electron chi connectivity index (χ3n) is 3.38. The Morgan fingerprint density at radius 1 is 1.25 bits per heavy atom. The maximum atomic E-state index is 11.7. The topological polar surface area (TPSA) is 46.2 Å². The predicted octanol–water partition coefficient (Wildman–Crippen LogP) is 3.36. The van der Waals surface area contributed by atoms with Crippen LogP contribution in [-0.2, 0) is 9.84 Å². The summed E-state index contributed by atoms with van der Waals surface area (Å²) in [4.78, 5) is 0. The average Bonchev–Trinajstić information content (AvgIpc) is 2.44. The van der Waals surface area contributed by atoms with Gasteiger partial charge in [0.15, 0.2) is 0 Å². The van der Waals surface area contributed by atoms with Crippen molar-refractivity contribution in [2.24, 2.45) is 0 Å². The first-order valence-corrected chi connectivity index (χ1v) is 9.77. The fourth-order valence-electron chi connectivity index (χ4n) is 2.09. The smallest absolute Gasteiger partial charge is 0.150 e. The Morgan fingerprint density at radius 2 is 1.95 bits per heavy atom. The summed E-state index contributed by atoms with van der Waals surface area (Å²) in [6, 6.07) is 8.06. The zero-order valence-electron chi connectivity index (χ0n) is 12.2. The molecule has 1 N–H and O–H groups in total. The zero-order chi connectivity index (χ0) is 15.0. The second kappa shape index (κ2) is 8.80. The molecule has 3 nitrogen and oxygen atoms in total. The highest BCUT2D eigenvalue weighted by Gasteiger charge is 2.17. The number of rotatable bonds is 9. The van der Waals surface area contributed by atoms with Crippen LogP contribution in [-0.4, -0.2) is 33.0 Å². The van der Waals surface area contributed by atoms with Crippen molar-refractivity contribution in [1.29, 1.82) is 0 Å². The van der Waals surface area contributed by atoms with Gasteiger partial charge in [-0.2, -0.15) is 0 Å². The number of hydrogen-bond acceptors (Lipinski definition) is 3. The van der Waals surface area contributed by atoms with E-state index in [1.807, 2.05) is 18.2 Å². The van der Waals surface area contributed by atoms with Crippen LogP contribution in [0.2, 0.25) is 0 Å². The molecule has 0 aliphatic carbocycles. The summed E-state index contributed by atoms with van der Waals surface area (Å²) in [7, 11) is -2.91. The van der Waals surface area contributed by atoms with Crippen molar-refractivity contribution in [1.82, 2.24) is 5.32 Å². The summed E-state index contributed by atoms with van der Waals surface area (Å²) in [6.07, 6.45) is 1.74. The van der Waals surface area contributed by atoms with Crippen molar-refractivity contribution in [3.8, 4) is 0 Å². The summed E-state index contributed by atoms with van der Waals surface area (Å²) in [5.74, 6) is 0.694. The second-order valence-corrected chi connectivity index (χ2v) is 8.27. The van der Waals surface area contributed by atoms with Crippen LogP contribution < -0.4 is 5.32 Å². The van der Waals surface area contributed by atoms with Crippen LogP contribution in [0.25, 0.3) is 0 Å². The van der Waals surface area contributed by atoms with Crippen LogP contribution in [0, 0.1) is 0 Å². The fraction of sp³-hybridized carbons (Fsp3) is 0.600. The molecule has 0 saturated carbocycles. The van der Waals surface area contributed by atoms with Crippen LogP contribution in [0.3, 0.4) is 0 Å². The maximum Gasteiger partial charge on any atom is 0.150 e. The van der Waals surface area contributed by atoms with Crippen molar-refractivity contribution in [2.75, 3.05) is 24.6 Å². The van der Waals surface area contributed by atoms with E-state index in [4.69, 9.17) is 0 Å². The Morgan fingerprint density at radius 3 is 2.55 bits per heavy atom. The van der Waals surface area contributed by atoms with E-state index in [0.29, 0.717) is 6.42 Å². The number of sulfone groups is 1. The average molecular weight is 362 g/mol. The molecule has 114 valence electrons. The Labute approximate surface area is 131 Å². The van der Waals surface area contributed by atoms with Gasteiger partial charge in [0.1, 0.15) is 9.84 Å². The first-order valence-electron chi connectivity index (χ1n) is 7.15. The van der Waals surface area contributed by atoms with E-state index < -0.39 is 9.84 Å². The first-order chi connectivity index (χ1) is 9.50. The zero-order valence-corrected chi connectivity index (χ0v) is 14.6. The third-order valence-corrected chi connectivity index (χ3v) is 5.84. The van der Waals surface area contributed by atoms with Crippen LogP contribution in [0.1, 0.15) is 38.2 Å². The Kier molecular flexibility index (Phi) is 7.77. The number of benzene rings is 1. The molecule has 1 aromatic rings. The monoisotopic (exact) mass is 361 g/mol. The highest BCUT2D eigenvalue weighted by atomic mass is 79.9. The fourth-order valence-corrected chi connectivity index (χ4v) is 3.63. The molecular weight excluding hydrogens is 338 g/mol. The van der Waals surface area contributed by atoms with Crippen LogP contribution >= 0.6 is 15.9 Å². The summed E-state index contributed by atoms with van der Waals surface area (Å²) in [6.45, 7) is 5.61. The van der Waals surface area contributed by atoms with E-state index in [2.05, 4.69) is 34.2 Å². The Balaban J connectivity index is 2.78. The van der Waals surface area contributed by atoms with Crippen molar-refractivity contribution in [2.45, 2.75) is 32.6 Å². The summed E-state index contributed by atoms with van der Waals surface area (Å²) in [5.41, 5.74) is 1.18. The molecular formula is C15H24BrNO2S. The van der Waals surface area contributed by atoms with Gasteiger partial charge in [0.25, 0.3) is 0 Å². The maximum absolute atomic E-state index is 11.7. The van der Waals surface area contributed by atoms with E-state index in [1.54, 1.807) is 6.92 Å². The van der Waals surface area contributed by atoms with Gasteiger partial charge in [-0.3, -0.25) is 0 Å². The third kappa shape index (κ3) is 5.94. The first kappa shape index (κ1) is 17.7. The Bertz CT molecular complexity index is 502. The predicted molar refractivity (Wildman–Crippen MR) is 89.0 cm³/mol. The minimum Gasteiger partial charge on any atom is -0.316 e. The van der Waals surface area contributed by atoms with Crippen LogP contribution in [0.15, 0.2) is 28.7 Å². The van der Waals surface area contributed by atoms with Gasteiger partial charge in [-0.15, -0.1) is 0 Å². The van der Waals surface area contributed by atoms with Gasteiger partial charge in [-0.1, -0.05) is 48.0 Å². The summed E-state index contributed by atoms with van der Waals surface area (Å²) in [5, 5.41) is 3.40. The minimum atomic E-state index is -2.91. The second-order valence-electron chi connectivity index (χ2n) is 4.95. The molecule has 0 aliphatic rings. The van der Waals surface area contributed by atoms with Crippen LogP contribution in [0.5, 0.6) is 0 Å². The normalized spacial score (nSPS) is 13.3. The van der Waals surface area contributed by atoms with Crippen LogP contribution in [0.4, 0.5) is 0 Å². The van der Waals surface area contributed by atoms with Gasteiger partial charge in [0.2, 0.25) is 0 Å². The molecule has 0 amide bonds. The minimum absolute atomic E-state index is 0.220. The molecule has 1 atom stereocenters. The lowest BCUT2D eigenvalue weighted by Gasteiger charge is -2.19. The van der Waals surface area contributed by atoms with Crippen molar-refractivity contribution in [3.05, 3.63) is 34.3 Å². The largest absolute Gasteiger partial charge is 0.316 e. The molecule has 1 aromatic carbocycles. The van der Waals surface area contributed by atoms with E-state index in [9.17, 15) is 8.42 Å². The lowest BCUT2D eigenvalue weighted by molar-refractivity contribution is 0.553. The van der Waals surface area contributed by atoms with Gasteiger partial charge < -0.3 is 5.32 Å². The Hall–Kier alpha value is -0.390. The van der Waals surface area contributed by atoms with E-state index >= 15 is 0 Å². The lowest BCUT2D eigenvalue weighted by atomic mass is 9.96. The molecule has 5 heteroatoms. The van der Waals surface area contributed by atoms with Gasteiger partial charge in [-0.05, 0) is 36.9 Å². The molecule has 0 radical (unpaired) electrons. The van der Waals surface area contributed by atoms with E-state index in [-0.39, 0.29) is 17.4 Å². The van der Waals surface area contributed by atoms with Gasteiger partial charge >= 0.3 is 0 Å².